The van der Waals surface area contributed by atoms with Gasteiger partial charge in [0.1, 0.15) is 17.6 Å². The van der Waals surface area contributed by atoms with E-state index in [9.17, 15) is 43.9 Å². The van der Waals surface area contributed by atoms with Crippen LogP contribution in [-0.4, -0.2) is 77.1 Å². The van der Waals surface area contributed by atoms with Gasteiger partial charge in [-0.2, -0.15) is 31.6 Å². The van der Waals surface area contributed by atoms with E-state index in [-0.39, 0.29) is 29.4 Å². The number of benzene rings is 2. The summed E-state index contributed by atoms with van der Waals surface area (Å²) in [4.78, 5) is 24.3. The Hall–Kier alpha value is -5.26. The van der Waals surface area contributed by atoms with Crippen LogP contribution < -0.4 is 20.3 Å². The molecule has 4 N–H and O–H groups in total. The van der Waals surface area contributed by atoms with E-state index in [2.05, 4.69) is 25.3 Å². The third-order valence-corrected chi connectivity index (χ3v) is 7.75. The number of carboxylic acids is 2. The fourth-order valence-electron chi connectivity index (χ4n) is 5.40. The molecule has 0 unspecified atom stereocenters. The standard InChI is InChI=1S/C28H29F4N5O2.2C2HF3O2/c29-23-14-21(10-7-19(23)15-33)37-13-3-4-20(17-37)35-24-5-1-2-6-25(24)36-27-34-16-26(38-27)18-8-11-22(12-9-18)39-28(30,31)32;2*3-2(4,5)1(6)7/h7-12,14,16,20,24-25,35H,1-6,13,17H2,(H,34,36);2*(H,6,7)/t20-,24+,25+;;/m0../s1. The minimum atomic E-state index is -5.08. The number of nitrogens with one attached hydrogen (secondary N) is 2. The first-order valence-corrected chi connectivity index (χ1v) is 15.6. The number of oxazole rings is 1. The summed E-state index contributed by atoms with van der Waals surface area (Å²) >= 11 is 0. The Bertz CT molecular complexity index is 1680. The molecule has 1 saturated carbocycles. The predicted octanol–water partition coefficient (Wildman–Crippen LogP) is 7.50. The molecular weight excluding hydrogens is 740 g/mol. The molecule has 1 aliphatic heterocycles. The molecule has 290 valence electrons. The molecule has 1 saturated heterocycles. The van der Waals surface area contributed by atoms with Gasteiger partial charge < -0.3 is 34.9 Å². The van der Waals surface area contributed by atoms with Gasteiger partial charge in [-0.1, -0.05) is 12.8 Å². The molecule has 2 fully saturated rings. The Morgan fingerprint density at radius 3 is 2.00 bits per heavy atom. The van der Waals surface area contributed by atoms with E-state index in [0.29, 0.717) is 17.3 Å². The van der Waals surface area contributed by atoms with Gasteiger partial charge in [0.05, 0.1) is 11.8 Å². The Labute approximate surface area is 294 Å². The summed E-state index contributed by atoms with van der Waals surface area (Å²) in [5, 5.41) is 30.5. The average molecular weight is 772 g/mol. The number of hydrogen-bond acceptors (Lipinski definition) is 9. The number of carbonyl (C=O) groups is 2. The summed E-state index contributed by atoms with van der Waals surface area (Å²) in [6.07, 6.45) is -7.27. The number of nitriles is 1. The maximum atomic E-state index is 14.2. The molecule has 0 bridgehead atoms. The molecule has 1 aromatic heterocycles. The Balaban J connectivity index is 0.000000458. The third-order valence-electron chi connectivity index (χ3n) is 7.75. The number of carboxylic acid groups (broad SMARTS) is 2. The second-order valence-electron chi connectivity index (χ2n) is 11.6. The summed E-state index contributed by atoms with van der Waals surface area (Å²) in [5.74, 6) is -5.88. The van der Waals surface area contributed by atoms with Crippen molar-refractivity contribution in [2.45, 2.75) is 75.4 Å². The SMILES string of the molecule is N#Cc1ccc(N2CCC[C@H](N[C@@H]3CCCC[C@H]3Nc3ncc(-c4ccc(OC(F)(F)F)cc4)o3)C2)cc1F.O=C(O)C(F)(F)F.O=C(O)C(F)(F)F. The van der Waals surface area contributed by atoms with E-state index in [1.54, 1.807) is 12.3 Å². The molecule has 2 heterocycles. The molecule has 2 aliphatic rings. The predicted molar refractivity (Wildman–Crippen MR) is 165 cm³/mol. The quantitative estimate of drug-likeness (QED) is 0.176. The molecule has 3 atom stereocenters. The van der Waals surface area contributed by atoms with Gasteiger partial charge in [-0.15, -0.1) is 13.2 Å². The smallest absolute Gasteiger partial charge is 0.475 e. The molecule has 21 heteroatoms. The fraction of sp³-hybridized carbons (Fsp3) is 0.438. The zero-order valence-corrected chi connectivity index (χ0v) is 27.2. The van der Waals surface area contributed by atoms with Crippen LogP contribution in [0.25, 0.3) is 11.3 Å². The van der Waals surface area contributed by atoms with Gasteiger partial charge >= 0.3 is 30.7 Å². The van der Waals surface area contributed by atoms with E-state index in [0.717, 1.165) is 57.3 Å². The van der Waals surface area contributed by atoms with Crippen molar-refractivity contribution in [3.05, 3.63) is 60.0 Å². The van der Waals surface area contributed by atoms with E-state index < -0.39 is 36.5 Å². The third kappa shape index (κ3) is 13.7. The van der Waals surface area contributed by atoms with Gasteiger partial charge in [-0.3, -0.25) is 0 Å². The molecule has 53 heavy (non-hydrogen) atoms. The minimum absolute atomic E-state index is 0.0451. The highest BCUT2D eigenvalue weighted by molar-refractivity contribution is 5.73. The van der Waals surface area contributed by atoms with Crippen LogP contribution in [0, 0.1) is 17.1 Å². The Morgan fingerprint density at radius 2 is 1.47 bits per heavy atom. The lowest BCUT2D eigenvalue weighted by molar-refractivity contribution is -0.274. The highest BCUT2D eigenvalue weighted by atomic mass is 19.4. The van der Waals surface area contributed by atoms with E-state index in [1.807, 2.05) is 6.07 Å². The summed E-state index contributed by atoms with van der Waals surface area (Å²) < 4.78 is 125. The van der Waals surface area contributed by atoms with Crippen molar-refractivity contribution in [1.29, 1.82) is 5.26 Å². The number of anilines is 2. The van der Waals surface area contributed by atoms with Crippen LogP contribution in [0.2, 0.25) is 0 Å². The van der Waals surface area contributed by atoms with Crippen LogP contribution in [-0.2, 0) is 9.59 Å². The summed E-state index contributed by atoms with van der Waals surface area (Å²) in [6, 6.07) is 12.9. The van der Waals surface area contributed by atoms with Crippen molar-refractivity contribution in [2.75, 3.05) is 23.3 Å². The molecular formula is C32H31F10N5O6. The van der Waals surface area contributed by atoms with Gasteiger partial charge in [0.15, 0.2) is 5.76 Å². The largest absolute Gasteiger partial charge is 0.573 e. The zero-order chi connectivity index (χ0) is 39.6. The number of aromatic nitrogens is 1. The minimum Gasteiger partial charge on any atom is -0.475 e. The van der Waals surface area contributed by atoms with Crippen molar-refractivity contribution in [2.24, 2.45) is 0 Å². The van der Waals surface area contributed by atoms with E-state index in [4.69, 9.17) is 29.5 Å². The molecule has 0 spiro atoms. The molecule has 11 nitrogen and oxygen atoms in total. The van der Waals surface area contributed by atoms with Gasteiger partial charge in [0.2, 0.25) is 0 Å². The van der Waals surface area contributed by atoms with Crippen LogP contribution in [0.1, 0.15) is 44.1 Å². The molecule has 2 aromatic carbocycles. The fourth-order valence-corrected chi connectivity index (χ4v) is 5.40. The number of halogens is 10. The lowest BCUT2D eigenvalue weighted by Crippen LogP contribution is -2.54. The highest BCUT2D eigenvalue weighted by Crippen LogP contribution is 2.30. The van der Waals surface area contributed by atoms with Crippen LogP contribution in [0.4, 0.5) is 55.6 Å². The summed E-state index contributed by atoms with van der Waals surface area (Å²) in [7, 11) is 0. The van der Waals surface area contributed by atoms with Crippen molar-refractivity contribution in [1.82, 2.24) is 10.3 Å². The number of aliphatic carboxylic acids is 2. The number of ether oxygens (including phenoxy) is 1. The average Bonchev–Trinajstić information content (AvgIpc) is 3.53. The van der Waals surface area contributed by atoms with E-state index in [1.165, 1.54) is 36.4 Å². The second kappa shape index (κ2) is 18.0. The summed E-state index contributed by atoms with van der Waals surface area (Å²) in [6.45, 7) is 1.57. The molecule has 1 aliphatic carbocycles. The number of piperidine rings is 1. The number of alkyl halides is 9. The van der Waals surface area contributed by atoms with Gasteiger partial charge in [0.25, 0.3) is 6.01 Å². The zero-order valence-electron chi connectivity index (χ0n) is 27.2. The second-order valence-corrected chi connectivity index (χ2v) is 11.6. The molecule has 0 radical (unpaired) electrons. The Kier molecular flexibility index (Phi) is 14.3. The first-order valence-electron chi connectivity index (χ1n) is 15.6. The van der Waals surface area contributed by atoms with Crippen molar-refractivity contribution >= 4 is 23.6 Å². The van der Waals surface area contributed by atoms with E-state index >= 15 is 0 Å². The van der Waals surface area contributed by atoms with Gasteiger partial charge in [0, 0.05) is 42.5 Å². The van der Waals surface area contributed by atoms with Crippen LogP contribution in [0.3, 0.4) is 0 Å². The van der Waals surface area contributed by atoms with Gasteiger partial charge in [-0.05, 0) is 68.1 Å². The van der Waals surface area contributed by atoms with Crippen LogP contribution in [0.5, 0.6) is 5.75 Å². The monoisotopic (exact) mass is 771 g/mol. The molecule has 5 rings (SSSR count). The van der Waals surface area contributed by atoms with Crippen LogP contribution in [0.15, 0.2) is 53.1 Å². The van der Waals surface area contributed by atoms with Crippen LogP contribution >= 0.6 is 0 Å². The molecule has 3 aromatic rings. The first-order chi connectivity index (χ1) is 24.7. The lowest BCUT2D eigenvalue weighted by atomic mass is 9.89. The van der Waals surface area contributed by atoms with Crippen molar-refractivity contribution in [3.63, 3.8) is 0 Å². The number of hydrogen-bond donors (Lipinski definition) is 4. The van der Waals surface area contributed by atoms with Crippen molar-refractivity contribution in [3.8, 4) is 23.1 Å². The topological polar surface area (TPSA) is 161 Å². The Morgan fingerprint density at radius 1 is 0.887 bits per heavy atom. The first kappa shape index (κ1) is 42.2. The molecule has 0 amide bonds. The maximum absolute atomic E-state index is 14.2. The normalized spacial score (nSPS) is 19.0. The maximum Gasteiger partial charge on any atom is 0.573 e. The number of rotatable bonds is 7. The summed E-state index contributed by atoms with van der Waals surface area (Å²) in [5.41, 5.74) is 1.41. The van der Waals surface area contributed by atoms with Gasteiger partial charge in [-0.25, -0.2) is 19.0 Å². The lowest BCUT2D eigenvalue weighted by Gasteiger charge is -2.40. The number of nitrogens with zero attached hydrogens (tertiary/aromatic N) is 3. The highest BCUT2D eigenvalue weighted by Gasteiger charge is 2.39. The van der Waals surface area contributed by atoms with Crippen molar-refractivity contribution < 1.29 is 72.9 Å².